The Bertz CT molecular complexity index is 1730. The maximum absolute atomic E-state index is 15.3. The molecule has 2 aromatic carbocycles. The quantitative estimate of drug-likeness (QED) is 0.270. The van der Waals surface area contributed by atoms with Gasteiger partial charge < -0.3 is 14.4 Å². The Morgan fingerprint density at radius 3 is 2.60 bits per heavy atom. The van der Waals surface area contributed by atoms with Gasteiger partial charge in [-0.05, 0) is 73.2 Å². The van der Waals surface area contributed by atoms with Crippen LogP contribution in [0.2, 0.25) is 0 Å². The third-order valence-electron chi connectivity index (χ3n) is 10.7. The zero-order chi connectivity index (χ0) is 33.2. The molecule has 2 saturated heterocycles. The number of carbonyl (C=O) groups excluding carboxylic acids is 1. The summed E-state index contributed by atoms with van der Waals surface area (Å²) < 4.78 is 60.7. The lowest BCUT2D eigenvalue weighted by Gasteiger charge is -2.46. The van der Waals surface area contributed by atoms with Crippen LogP contribution in [-0.4, -0.2) is 86.9 Å². The Labute approximate surface area is 271 Å². The van der Waals surface area contributed by atoms with Crippen LogP contribution >= 0.6 is 0 Å². The van der Waals surface area contributed by atoms with E-state index >= 15 is 4.39 Å². The summed E-state index contributed by atoms with van der Waals surface area (Å²) in [6.07, 6.45) is 0.435. The van der Waals surface area contributed by atoms with E-state index in [9.17, 15) is 23.2 Å². The van der Waals surface area contributed by atoms with Crippen molar-refractivity contribution in [2.75, 3.05) is 38.1 Å². The number of likely N-dealkylation sites (N-methyl/N-ethyl adjacent to an activating group) is 1. The van der Waals surface area contributed by atoms with E-state index in [1.165, 1.54) is 4.90 Å². The monoisotopic (exact) mass is 650 g/mol. The van der Waals surface area contributed by atoms with Gasteiger partial charge in [-0.3, -0.25) is 14.6 Å². The van der Waals surface area contributed by atoms with Gasteiger partial charge in [-0.1, -0.05) is 19.1 Å². The summed E-state index contributed by atoms with van der Waals surface area (Å²) in [6.45, 7) is 3.88. The van der Waals surface area contributed by atoms with E-state index < -0.39 is 29.9 Å². The van der Waals surface area contributed by atoms with Crippen LogP contribution in [0.4, 0.5) is 23.2 Å². The molecule has 248 valence electrons. The van der Waals surface area contributed by atoms with Crippen LogP contribution in [0.1, 0.15) is 64.6 Å². The highest BCUT2D eigenvalue weighted by Gasteiger charge is 2.49. The van der Waals surface area contributed by atoms with Crippen molar-refractivity contribution < 1.29 is 22.4 Å². The van der Waals surface area contributed by atoms with Crippen molar-refractivity contribution in [2.24, 2.45) is 13.0 Å². The molecule has 3 aliphatic heterocycles. The number of aromatic nitrogens is 3. The molecule has 1 aliphatic carbocycles. The van der Waals surface area contributed by atoms with Gasteiger partial charge in [-0.25, -0.2) is 4.39 Å². The molecular formula is C34H38F4N8O. The molecule has 13 heteroatoms. The van der Waals surface area contributed by atoms with Gasteiger partial charge in [-0.2, -0.15) is 18.4 Å². The predicted molar refractivity (Wildman–Crippen MR) is 166 cm³/mol. The maximum atomic E-state index is 15.3. The zero-order valence-corrected chi connectivity index (χ0v) is 26.7. The molecule has 9 nitrogen and oxygen atoms in total. The number of anilines is 1. The van der Waals surface area contributed by atoms with Crippen LogP contribution in [0, 0.1) is 17.4 Å². The number of hydrogen-bond donors (Lipinski definition) is 0. The van der Waals surface area contributed by atoms with Gasteiger partial charge in [-0.15, -0.1) is 10.2 Å². The molecule has 3 atom stereocenters. The summed E-state index contributed by atoms with van der Waals surface area (Å²) in [4.78, 5) is 20.7. The molecule has 1 saturated carbocycles. The Balaban J connectivity index is 1.14. The summed E-state index contributed by atoms with van der Waals surface area (Å²) >= 11 is 0. The summed E-state index contributed by atoms with van der Waals surface area (Å²) in [5.74, 6) is 0.807. The van der Waals surface area contributed by atoms with Crippen molar-refractivity contribution in [1.82, 2.24) is 29.5 Å². The molecular weight excluding hydrogens is 612 g/mol. The number of alkyl halides is 4. The lowest BCUT2D eigenvalue weighted by Crippen LogP contribution is -2.43. The Hall–Kier alpha value is -4.02. The van der Waals surface area contributed by atoms with Crippen LogP contribution in [0.3, 0.4) is 0 Å². The van der Waals surface area contributed by atoms with E-state index in [0.717, 1.165) is 36.7 Å². The molecule has 0 unspecified atom stereocenters. The minimum atomic E-state index is -4.67. The third-order valence-corrected chi connectivity index (χ3v) is 10.7. The van der Waals surface area contributed by atoms with Gasteiger partial charge in [0.1, 0.15) is 18.3 Å². The van der Waals surface area contributed by atoms with E-state index in [1.54, 1.807) is 35.3 Å². The molecule has 0 bridgehead atoms. The number of aryl methyl sites for hydroxylation is 1. The van der Waals surface area contributed by atoms with Crippen molar-refractivity contribution in [2.45, 2.75) is 69.1 Å². The molecule has 4 heterocycles. The van der Waals surface area contributed by atoms with E-state index in [2.05, 4.69) is 23.3 Å². The van der Waals surface area contributed by atoms with Crippen LogP contribution in [0.15, 0.2) is 42.7 Å². The van der Waals surface area contributed by atoms with Crippen molar-refractivity contribution >= 4 is 11.6 Å². The minimum absolute atomic E-state index is 0.0290. The molecule has 0 N–H and O–H groups in total. The fraction of sp³-hybridized carbons (Fsp3) is 0.529. The lowest BCUT2D eigenvalue weighted by molar-refractivity contribution is -0.138. The molecule has 7 rings (SSSR count). The highest BCUT2D eigenvalue weighted by Crippen LogP contribution is 2.52. The normalized spacial score (nSPS) is 27.9. The zero-order valence-electron chi connectivity index (χ0n) is 26.7. The molecule has 1 aromatic heterocycles. The topological polar surface area (TPSA) is 84.5 Å². The molecule has 4 aliphatic rings. The van der Waals surface area contributed by atoms with E-state index in [0.29, 0.717) is 36.8 Å². The van der Waals surface area contributed by atoms with Gasteiger partial charge in [0.25, 0.3) is 5.91 Å². The molecule has 3 aromatic rings. The van der Waals surface area contributed by atoms with Gasteiger partial charge >= 0.3 is 6.18 Å². The molecule has 3 fully saturated rings. The third kappa shape index (κ3) is 5.45. The summed E-state index contributed by atoms with van der Waals surface area (Å²) in [5.41, 5.74) is 0.567. The van der Waals surface area contributed by atoms with Crippen molar-refractivity contribution in [1.29, 1.82) is 5.26 Å². The van der Waals surface area contributed by atoms with Crippen LogP contribution in [0.25, 0.3) is 0 Å². The number of rotatable bonds is 7. The van der Waals surface area contributed by atoms with Gasteiger partial charge in [0.2, 0.25) is 0 Å². The molecule has 0 spiro atoms. The second-order valence-corrected chi connectivity index (χ2v) is 13.9. The minimum Gasteiger partial charge on any atom is -0.320 e. The van der Waals surface area contributed by atoms with Gasteiger partial charge in [0.05, 0.1) is 23.6 Å². The first-order chi connectivity index (χ1) is 22.4. The number of fused-ring (bicyclic) bond motifs is 1. The SMILES string of the molecule is CC1CC(c2cccc(N3Cc4c(cc(CN(C)[C@@H]5CN([C@H]6CCN(C#N)C6)C[C@H]5F)cc4C(F)(F)F)C3=O)c2)(c2nncn2C)C1. The van der Waals surface area contributed by atoms with E-state index in [-0.39, 0.29) is 42.2 Å². The first kappa shape index (κ1) is 31.6. The average Bonchev–Trinajstić information content (AvgIpc) is 3.81. The Morgan fingerprint density at radius 1 is 1.15 bits per heavy atom. The number of nitriles is 1. The standard InChI is InChI=1S/C34H38F4N8O/c1-21-12-33(13-21,32-41-40-20-43(32)3)23-5-4-6-24(11-23)46-16-27-26(31(46)47)9-22(10-28(27)34(36,37)38)14-42(2)30-18-45(17-29(30)35)25-7-8-44(15-25)19-39/h4-6,9-11,20-21,25,29-30H,7-8,12-18H2,1-3H3/t21?,25-,29+,30+,33?/m0/s1. The molecule has 1 amide bonds. The first-order valence-electron chi connectivity index (χ1n) is 16.1. The second-order valence-electron chi connectivity index (χ2n) is 13.9. The van der Waals surface area contributed by atoms with Crippen molar-refractivity contribution in [3.8, 4) is 6.19 Å². The molecule has 0 radical (unpaired) electrons. The summed E-state index contributed by atoms with van der Waals surface area (Å²) in [5, 5.41) is 17.7. The van der Waals surface area contributed by atoms with E-state index in [1.807, 2.05) is 34.7 Å². The van der Waals surface area contributed by atoms with Gasteiger partial charge in [0.15, 0.2) is 6.19 Å². The smallest absolute Gasteiger partial charge is 0.320 e. The number of benzene rings is 2. The fourth-order valence-electron chi connectivity index (χ4n) is 8.41. The van der Waals surface area contributed by atoms with Crippen molar-refractivity contribution in [3.63, 3.8) is 0 Å². The van der Waals surface area contributed by atoms with E-state index in [4.69, 9.17) is 0 Å². The molecule has 47 heavy (non-hydrogen) atoms. The number of carbonyl (C=O) groups is 1. The highest BCUT2D eigenvalue weighted by atomic mass is 19.4. The Morgan fingerprint density at radius 2 is 1.94 bits per heavy atom. The second kappa shape index (κ2) is 11.6. The Kier molecular flexibility index (Phi) is 7.79. The van der Waals surface area contributed by atoms with Crippen LogP contribution < -0.4 is 4.90 Å². The number of nitrogens with zero attached hydrogens (tertiary/aromatic N) is 8. The maximum Gasteiger partial charge on any atom is 0.416 e. The number of amides is 1. The largest absolute Gasteiger partial charge is 0.416 e. The fourth-order valence-corrected chi connectivity index (χ4v) is 8.41. The number of hydrogen-bond acceptors (Lipinski definition) is 7. The lowest BCUT2D eigenvalue weighted by atomic mass is 9.58. The average molecular weight is 651 g/mol. The summed E-state index contributed by atoms with van der Waals surface area (Å²) in [7, 11) is 3.61. The summed E-state index contributed by atoms with van der Waals surface area (Å²) in [6, 6.07) is 9.71. The van der Waals surface area contributed by atoms with Crippen LogP contribution in [0.5, 0.6) is 0 Å². The first-order valence-corrected chi connectivity index (χ1v) is 16.1. The van der Waals surface area contributed by atoms with Crippen molar-refractivity contribution in [3.05, 3.63) is 76.4 Å². The van der Waals surface area contributed by atoms with Gasteiger partial charge in [0, 0.05) is 57.1 Å². The van der Waals surface area contributed by atoms with Crippen LogP contribution in [-0.2, 0) is 31.7 Å². The highest BCUT2D eigenvalue weighted by molar-refractivity contribution is 6.10. The number of likely N-dealkylation sites (tertiary alicyclic amines) is 2. The number of halogens is 4. The predicted octanol–water partition coefficient (Wildman–Crippen LogP) is 4.72.